The Balaban J connectivity index is 2.42. The smallest absolute Gasteiger partial charge is 0.249 e. The SMILES string of the molecule is NC(=O)c1ccccc1C(O)c1ccc(F)cc1. The number of amides is 1. The molecule has 3 N–H and O–H groups in total. The first-order valence-electron chi connectivity index (χ1n) is 5.42. The van der Waals surface area contributed by atoms with E-state index in [0.717, 1.165) is 0 Å². The molecule has 0 heterocycles. The maximum atomic E-state index is 12.8. The number of primary amides is 1. The van der Waals surface area contributed by atoms with Crippen LogP contribution in [-0.2, 0) is 0 Å². The van der Waals surface area contributed by atoms with Crippen molar-refractivity contribution in [1.82, 2.24) is 0 Å². The second kappa shape index (κ2) is 4.98. The van der Waals surface area contributed by atoms with Gasteiger partial charge in [0.25, 0.3) is 0 Å². The van der Waals surface area contributed by atoms with Gasteiger partial charge in [-0.3, -0.25) is 4.79 Å². The van der Waals surface area contributed by atoms with E-state index in [0.29, 0.717) is 11.1 Å². The molecule has 0 fully saturated rings. The van der Waals surface area contributed by atoms with Crippen LogP contribution < -0.4 is 5.73 Å². The minimum Gasteiger partial charge on any atom is -0.384 e. The zero-order valence-electron chi connectivity index (χ0n) is 9.51. The van der Waals surface area contributed by atoms with Gasteiger partial charge in [-0.2, -0.15) is 0 Å². The first-order chi connectivity index (χ1) is 8.59. The molecule has 1 atom stereocenters. The third-order valence-electron chi connectivity index (χ3n) is 2.71. The summed E-state index contributed by atoms with van der Waals surface area (Å²) in [4.78, 5) is 11.3. The number of hydrogen-bond acceptors (Lipinski definition) is 2. The molecular weight excluding hydrogens is 233 g/mol. The molecule has 2 rings (SSSR count). The number of aliphatic hydroxyl groups excluding tert-OH is 1. The van der Waals surface area contributed by atoms with E-state index in [1.54, 1.807) is 24.3 Å². The van der Waals surface area contributed by atoms with Crippen LogP contribution in [0.2, 0.25) is 0 Å². The van der Waals surface area contributed by atoms with Crippen LogP contribution in [0.3, 0.4) is 0 Å². The zero-order chi connectivity index (χ0) is 13.1. The molecule has 0 aromatic heterocycles. The molecule has 1 amide bonds. The Morgan fingerprint density at radius 2 is 1.72 bits per heavy atom. The molecule has 0 saturated carbocycles. The van der Waals surface area contributed by atoms with E-state index in [1.165, 1.54) is 24.3 Å². The first kappa shape index (κ1) is 12.3. The maximum absolute atomic E-state index is 12.8. The minimum atomic E-state index is -1.01. The Kier molecular flexibility index (Phi) is 3.39. The van der Waals surface area contributed by atoms with Gasteiger partial charge in [0.05, 0.1) is 0 Å². The van der Waals surface area contributed by atoms with Gasteiger partial charge in [0, 0.05) is 5.56 Å². The molecule has 2 aromatic rings. The minimum absolute atomic E-state index is 0.259. The summed E-state index contributed by atoms with van der Waals surface area (Å²) >= 11 is 0. The van der Waals surface area contributed by atoms with Crippen LogP contribution >= 0.6 is 0 Å². The monoisotopic (exact) mass is 245 g/mol. The number of carbonyl (C=O) groups excluding carboxylic acids is 1. The maximum Gasteiger partial charge on any atom is 0.249 e. The van der Waals surface area contributed by atoms with Gasteiger partial charge in [0.2, 0.25) is 5.91 Å². The van der Waals surface area contributed by atoms with Gasteiger partial charge in [0.15, 0.2) is 0 Å². The quantitative estimate of drug-likeness (QED) is 0.868. The third-order valence-corrected chi connectivity index (χ3v) is 2.71. The third kappa shape index (κ3) is 2.38. The van der Waals surface area contributed by atoms with Gasteiger partial charge in [-0.05, 0) is 29.3 Å². The predicted octanol–water partition coefficient (Wildman–Crippen LogP) is 2.01. The molecule has 18 heavy (non-hydrogen) atoms. The lowest BCUT2D eigenvalue weighted by Gasteiger charge is -2.14. The lowest BCUT2D eigenvalue weighted by Crippen LogP contribution is -2.15. The lowest BCUT2D eigenvalue weighted by molar-refractivity contribution is 0.0995. The van der Waals surface area contributed by atoms with Crippen LogP contribution in [0.5, 0.6) is 0 Å². The highest BCUT2D eigenvalue weighted by molar-refractivity contribution is 5.94. The summed E-state index contributed by atoms with van der Waals surface area (Å²) in [6, 6.07) is 12.0. The van der Waals surface area contributed by atoms with Gasteiger partial charge in [0.1, 0.15) is 11.9 Å². The van der Waals surface area contributed by atoms with Crippen molar-refractivity contribution in [2.45, 2.75) is 6.10 Å². The van der Waals surface area contributed by atoms with Crippen LogP contribution in [0.15, 0.2) is 48.5 Å². The van der Waals surface area contributed by atoms with E-state index >= 15 is 0 Å². The van der Waals surface area contributed by atoms with Gasteiger partial charge in [-0.15, -0.1) is 0 Å². The van der Waals surface area contributed by atoms with Crippen molar-refractivity contribution in [3.05, 3.63) is 71.0 Å². The molecule has 2 aromatic carbocycles. The van der Waals surface area contributed by atoms with Crippen LogP contribution in [0, 0.1) is 5.82 Å². The van der Waals surface area contributed by atoms with Crippen molar-refractivity contribution in [3.8, 4) is 0 Å². The van der Waals surface area contributed by atoms with Crippen molar-refractivity contribution in [2.75, 3.05) is 0 Å². The first-order valence-corrected chi connectivity index (χ1v) is 5.42. The average Bonchev–Trinajstić information content (AvgIpc) is 2.39. The fourth-order valence-corrected chi connectivity index (χ4v) is 1.78. The molecule has 0 aliphatic rings. The van der Waals surface area contributed by atoms with Crippen molar-refractivity contribution >= 4 is 5.91 Å². The normalized spacial score (nSPS) is 12.1. The van der Waals surface area contributed by atoms with Gasteiger partial charge in [-0.25, -0.2) is 4.39 Å². The number of rotatable bonds is 3. The van der Waals surface area contributed by atoms with Crippen LogP contribution in [0.25, 0.3) is 0 Å². The highest BCUT2D eigenvalue weighted by Crippen LogP contribution is 2.24. The zero-order valence-corrected chi connectivity index (χ0v) is 9.51. The van der Waals surface area contributed by atoms with Crippen LogP contribution in [-0.4, -0.2) is 11.0 Å². The van der Waals surface area contributed by atoms with Crippen LogP contribution in [0.1, 0.15) is 27.6 Å². The molecule has 0 radical (unpaired) electrons. The van der Waals surface area contributed by atoms with E-state index in [9.17, 15) is 14.3 Å². The highest BCUT2D eigenvalue weighted by Gasteiger charge is 2.16. The molecule has 0 aliphatic carbocycles. The summed E-state index contributed by atoms with van der Waals surface area (Å²) in [6.45, 7) is 0. The molecular formula is C14H12FNO2. The molecule has 0 aliphatic heterocycles. The Morgan fingerprint density at radius 1 is 1.11 bits per heavy atom. The van der Waals surface area contributed by atoms with E-state index in [2.05, 4.69) is 0 Å². The van der Waals surface area contributed by atoms with Gasteiger partial charge < -0.3 is 10.8 Å². The molecule has 0 bridgehead atoms. The van der Waals surface area contributed by atoms with E-state index in [-0.39, 0.29) is 11.4 Å². The van der Waals surface area contributed by atoms with Gasteiger partial charge in [-0.1, -0.05) is 30.3 Å². The number of halogens is 1. The number of hydrogen-bond donors (Lipinski definition) is 2. The molecule has 4 heteroatoms. The van der Waals surface area contributed by atoms with Crippen molar-refractivity contribution in [1.29, 1.82) is 0 Å². The summed E-state index contributed by atoms with van der Waals surface area (Å²) in [5, 5.41) is 10.2. The second-order valence-electron chi connectivity index (χ2n) is 3.91. The number of carbonyl (C=O) groups is 1. The topological polar surface area (TPSA) is 63.3 Å². The summed E-state index contributed by atoms with van der Waals surface area (Å²) in [7, 11) is 0. The molecule has 92 valence electrons. The highest BCUT2D eigenvalue weighted by atomic mass is 19.1. The van der Waals surface area contributed by atoms with Crippen LogP contribution in [0.4, 0.5) is 4.39 Å². The molecule has 3 nitrogen and oxygen atoms in total. The summed E-state index contributed by atoms with van der Waals surface area (Å²) in [5.74, 6) is -0.985. The van der Waals surface area contributed by atoms with Crippen molar-refractivity contribution in [2.24, 2.45) is 5.73 Å². The van der Waals surface area contributed by atoms with E-state index < -0.39 is 12.0 Å². The van der Waals surface area contributed by atoms with E-state index in [4.69, 9.17) is 5.73 Å². The van der Waals surface area contributed by atoms with Crippen molar-refractivity contribution in [3.63, 3.8) is 0 Å². The summed E-state index contributed by atoms with van der Waals surface area (Å²) in [5.41, 5.74) is 6.42. The second-order valence-corrected chi connectivity index (χ2v) is 3.91. The van der Waals surface area contributed by atoms with E-state index in [1.807, 2.05) is 0 Å². The number of nitrogens with two attached hydrogens (primary N) is 1. The average molecular weight is 245 g/mol. The molecule has 0 spiro atoms. The summed E-state index contributed by atoms with van der Waals surface area (Å²) < 4.78 is 12.8. The molecule has 1 unspecified atom stereocenters. The molecule has 0 saturated heterocycles. The Morgan fingerprint density at radius 3 is 2.33 bits per heavy atom. The number of benzene rings is 2. The fraction of sp³-hybridized carbons (Fsp3) is 0.0714. The number of aliphatic hydroxyl groups is 1. The Hall–Kier alpha value is -2.20. The van der Waals surface area contributed by atoms with Gasteiger partial charge >= 0.3 is 0 Å². The Bertz CT molecular complexity index is 566. The predicted molar refractivity (Wildman–Crippen MR) is 65.4 cm³/mol. The standard InChI is InChI=1S/C14H12FNO2/c15-10-7-5-9(6-8-10)13(17)11-3-1-2-4-12(11)14(16)18/h1-8,13,17H,(H2,16,18). The largest absolute Gasteiger partial charge is 0.384 e. The fourth-order valence-electron chi connectivity index (χ4n) is 1.78. The summed E-state index contributed by atoms with van der Waals surface area (Å²) in [6.07, 6.45) is -1.01. The van der Waals surface area contributed by atoms with Crippen molar-refractivity contribution < 1.29 is 14.3 Å². The lowest BCUT2D eigenvalue weighted by atomic mass is 9.96. The Labute approximate surface area is 104 Å².